The molecule has 1 saturated carbocycles. The number of amidine groups is 1. The molecule has 15 heavy (non-hydrogen) atoms. The average molecular weight is 216 g/mol. The zero-order chi connectivity index (χ0) is 11.0. The summed E-state index contributed by atoms with van der Waals surface area (Å²) in [6.07, 6.45) is -1.55. The lowest BCUT2D eigenvalue weighted by Gasteiger charge is -2.37. The van der Waals surface area contributed by atoms with Crippen molar-refractivity contribution >= 4 is 6.02 Å². The Morgan fingerprint density at radius 2 is 2.20 bits per heavy atom. The molecule has 86 valence electrons. The third-order valence-corrected chi connectivity index (χ3v) is 3.13. The van der Waals surface area contributed by atoms with Gasteiger partial charge in [-0.25, -0.2) is 4.99 Å². The first kappa shape index (κ1) is 10.7. The summed E-state index contributed by atoms with van der Waals surface area (Å²) in [5.41, 5.74) is 0. The van der Waals surface area contributed by atoms with Gasteiger partial charge in [0.15, 0.2) is 0 Å². The highest BCUT2D eigenvalue weighted by atomic mass is 16.5. The zero-order valence-corrected chi connectivity index (χ0v) is 8.50. The molecule has 0 aromatic heterocycles. The molecular formula is C9H16N2O4. The van der Waals surface area contributed by atoms with Gasteiger partial charge in [0.1, 0.15) is 12.2 Å². The number of hydrogen-bond acceptors (Lipinski definition) is 5. The van der Waals surface area contributed by atoms with Crippen molar-refractivity contribution in [3.05, 3.63) is 0 Å². The number of aliphatic imine (C=N–C) groups is 1. The van der Waals surface area contributed by atoms with Crippen molar-refractivity contribution in [3.8, 4) is 0 Å². The van der Waals surface area contributed by atoms with Crippen LogP contribution in [0.3, 0.4) is 0 Å². The van der Waals surface area contributed by atoms with Crippen molar-refractivity contribution in [2.24, 2.45) is 10.9 Å². The second kappa shape index (κ2) is 3.96. The first-order valence-corrected chi connectivity index (χ1v) is 5.04. The van der Waals surface area contributed by atoms with Crippen molar-refractivity contribution in [2.45, 2.75) is 30.8 Å². The molecule has 2 rings (SSSR count). The Morgan fingerprint density at radius 1 is 1.47 bits per heavy atom. The molecular weight excluding hydrogens is 200 g/mol. The first-order chi connectivity index (χ1) is 7.17. The quantitative estimate of drug-likeness (QED) is 0.409. The Morgan fingerprint density at radius 3 is 2.80 bits per heavy atom. The fourth-order valence-electron chi connectivity index (χ4n) is 2.22. The van der Waals surface area contributed by atoms with Gasteiger partial charge in [-0.3, -0.25) is 0 Å². The predicted molar refractivity (Wildman–Crippen MR) is 52.4 cm³/mol. The largest absolute Gasteiger partial charge is 0.460 e. The second-order valence-electron chi connectivity index (χ2n) is 4.01. The normalized spacial score (nSPS) is 47.2. The molecule has 6 heteroatoms. The maximum atomic E-state index is 9.80. The molecule has 2 fully saturated rings. The van der Waals surface area contributed by atoms with Crippen molar-refractivity contribution in [1.82, 2.24) is 5.32 Å². The maximum absolute atomic E-state index is 9.80. The van der Waals surface area contributed by atoms with Crippen LogP contribution in [-0.2, 0) is 4.74 Å². The Bertz CT molecular complexity index is 271. The molecule has 0 spiro atoms. The second-order valence-corrected chi connectivity index (χ2v) is 4.01. The molecule has 0 aromatic carbocycles. The molecule has 0 aromatic rings. The Balaban J connectivity index is 2.13. The smallest absolute Gasteiger partial charge is 0.285 e. The molecule has 0 bridgehead atoms. The van der Waals surface area contributed by atoms with E-state index in [1.165, 1.54) is 0 Å². The molecule has 2 aliphatic rings. The highest BCUT2D eigenvalue weighted by Crippen LogP contribution is 2.30. The number of nitrogens with zero attached hydrogens (tertiary/aromatic N) is 1. The van der Waals surface area contributed by atoms with E-state index in [0.717, 1.165) is 0 Å². The van der Waals surface area contributed by atoms with E-state index in [2.05, 4.69) is 10.3 Å². The van der Waals surface area contributed by atoms with Crippen LogP contribution in [0.4, 0.5) is 0 Å². The molecule has 0 amide bonds. The summed E-state index contributed by atoms with van der Waals surface area (Å²) in [7, 11) is 1.59. The third kappa shape index (κ3) is 1.68. The predicted octanol–water partition coefficient (Wildman–Crippen LogP) is -1.94. The minimum absolute atomic E-state index is 0.149. The Kier molecular flexibility index (Phi) is 2.81. The summed E-state index contributed by atoms with van der Waals surface area (Å²) in [6.45, 7) is -0.149. The van der Waals surface area contributed by atoms with Crippen LogP contribution in [0.1, 0.15) is 6.42 Å². The molecule has 5 unspecified atom stereocenters. The Hall–Kier alpha value is -0.850. The number of aliphatic hydroxyl groups excluding tert-OH is 3. The summed E-state index contributed by atoms with van der Waals surface area (Å²) >= 11 is 0. The van der Waals surface area contributed by atoms with E-state index >= 15 is 0 Å². The Labute approximate surface area is 87.6 Å². The average Bonchev–Trinajstić information content (AvgIpc) is 2.66. The van der Waals surface area contributed by atoms with Crippen LogP contribution in [0.25, 0.3) is 0 Å². The highest BCUT2D eigenvalue weighted by Gasteiger charge is 2.48. The molecule has 5 atom stereocenters. The minimum atomic E-state index is -0.930. The number of fused-ring (bicyclic) bond motifs is 1. The van der Waals surface area contributed by atoms with Gasteiger partial charge in [0.25, 0.3) is 6.02 Å². The summed E-state index contributed by atoms with van der Waals surface area (Å²) < 4.78 is 5.42. The van der Waals surface area contributed by atoms with E-state index in [4.69, 9.17) is 9.84 Å². The fraction of sp³-hybridized carbons (Fsp3) is 0.889. The number of ether oxygens (including phenoxy) is 1. The van der Waals surface area contributed by atoms with Gasteiger partial charge in [-0.15, -0.1) is 0 Å². The summed E-state index contributed by atoms with van der Waals surface area (Å²) in [6, 6.07) is 0.0522. The fourth-order valence-corrected chi connectivity index (χ4v) is 2.22. The molecule has 0 radical (unpaired) electrons. The SMILES string of the molecule is CN=C1NC2C(CC(CO)C(O)C2O)O1. The molecule has 1 heterocycles. The number of aliphatic hydroxyl groups is 3. The number of nitrogens with one attached hydrogen (secondary N) is 1. The monoisotopic (exact) mass is 216 g/mol. The van der Waals surface area contributed by atoms with Crippen molar-refractivity contribution in [2.75, 3.05) is 13.7 Å². The maximum Gasteiger partial charge on any atom is 0.285 e. The van der Waals surface area contributed by atoms with Crippen molar-refractivity contribution in [1.29, 1.82) is 0 Å². The van der Waals surface area contributed by atoms with Crippen LogP contribution < -0.4 is 5.32 Å². The minimum Gasteiger partial charge on any atom is -0.460 e. The summed E-state index contributed by atoms with van der Waals surface area (Å²) in [5.74, 6) is -0.334. The van der Waals surface area contributed by atoms with Crippen LogP contribution in [0.2, 0.25) is 0 Å². The highest BCUT2D eigenvalue weighted by molar-refractivity contribution is 5.76. The first-order valence-electron chi connectivity index (χ1n) is 5.04. The lowest BCUT2D eigenvalue weighted by atomic mass is 9.80. The van der Waals surface area contributed by atoms with Gasteiger partial charge in [-0.2, -0.15) is 0 Å². The van der Waals surface area contributed by atoms with Crippen LogP contribution in [0.5, 0.6) is 0 Å². The zero-order valence-electron chi connectivity index (χ0n) is 8.50. The summed E-state index contributed by atoms with van der Waals surface area (Å²) in [5, 5.41) is 31.5. The van der Waals surface area contributed by atoms with E-state index in [1.54, 1.807) is 7.05 Å². The van der Waals surface area contributed by atoms with Crippen molar-refractivity contribution < 1.29 is 20.1 Å². The van der Waals surface area contributed by atoms with E-state index in [0.29, 0.717) is 12.4 Å². The van der Waals surface area contributed by atoms with Crippen LogP contribution >= 0.6 is 0 Å². The standard InChI is InChI=1S/C9H16N2O4/c1-10-9-11-6-5(15-9)2-4(3-12)7(13)8(6)14/h4-8,12-14H,2-3H2,1H3,(H,10,11). The van der Waals surface area contributed by atoms with E-state index in [9.17, 15) is 10.2 Å². The third-order valence-electron chi connectivity index (χ3n) is 3.13. The molecule has 1 saturated heterocycles. The number of rotatable bonds is 1. The lowest BCUT2D eigenvalue weighted by molar-refractivity contribution is -0.0948. The topological polar surface area (TPSA) is 94.3 Å². The van der Waals surface area contributed by atoms with Gasteiger partial charge in [0.2, 0.25) is 0 Å². The number of hydrogen-bond donors (Lipinski definition) is 4. The van der Waals surface area contributed by atoms with Gasteiger partial charge < -0.3 is 25.4 Å². The van der Waals surface area contributed by atoms with Gasteiger partial charge in [0, 0.05) is 19.6 Å². The molecule has 1 aliphatic heterocycles. The van der Waals surface area contributed by atoms with Gasteiger partial charge in [-0.05, 0) is 6.42 Å². The van der Waals surface area contributed by atoms with Crippen LogP contribution in [0.15, 0.2) is 4.99 Å². The van der Waals surface area contributed by atoms with E-state index < -0.39 is 12.2 Å². The van der Waals surface area contributed by atoms with E-state index in [-0.39, 0.29) is 24.7 Å². The van der Waals surface area contributed by atoms with Crippen LogP contribution in [0, 0.1) is 5.92 Å². The van der Waals surface area contributed by atoms with Crippen molar-refractivity contribution in [3.63, 3.8) is 0 Å². The van der Waals surface area contributed by atoms with E-state index in [1.807, 2.05) is 0 Å². The lowest BCUT2D eigenvalue weighted by Crippen LogP contribution is -2.56. The molecule has 1 aliphatic carbocycles. The van der Waals surface area contributed by atoms with Gasteiger partial charge in [-0.1, -0.05) is 0 Å². The summed E-state index contributed by atoms with van der Waals surface area (Å²) in [4.78, 5) is 3.85. The molecule has 6 nitrogen and oxygen atoms in total. The van der Waals surface area contributed by atoms with Gasteiger partial charge in [0.05, 0.1) is 12.1 Å². The molecule has 4 N–H and O–H groups in total. The van der Waals surface area contributed by atoms with Gasteiger partial charge >= 0.3 is 0 Å². The van der Waals surface area contributed by atoms with Crippen LogP contribution in [-0.4, -0.2) is 59.3 Å².